The van der Waals surface area contributed by atoms with E-state index in [0.29, 0.717) is 31.6 Å². The Kier molecular flexibility index (Phi) is 5.33. The van der Waals surface area contributed by atoms with Crippen molar-refractivity contribution in [2.75, 3.05) is 20.3 Å². The van der Waals surface area contributed by atoms with Crippen molar-refractivity contribution in [3.05, 3.63) is 65.2 Å². The minimum absolute atomic E-state index is 0.0145. The average Bonchev–Trinajstić information content (AvgIpc) is 2.67. The number of carbonyl (C=O) groups excluding carboxylic acids is 2. The number of fused-ring (bicyclic) bond motifs is 1. The quantitative estimate of drug-likeness (QED) is 0.850. The van der Waals surface area contributed by atoms with Gasteiger partial charge in [0.25, 0.3) is 0 Å². The van der Waals surface area contributed by atoms with Crippen molar-refractivity contribution in [1.29, 1.82) is 0 Å². The van der Waals surface area contributed by atoms with E-state index in [2.05, 4.69) is 10.1 Å². The molecule has 5 nitrogen and oxygen atoms in total. The molecule has 1 atom stereocenters. The Bertz CT molecular complexity index is 755. The van der Waals surface area contributed by atoms with E-state index in [1.165, 1.54) is 7.11 Å². The van der Waals surface area contributed by atoms with Gasteiger partial charge in [-0.05, 0) is 42.2 Å². The fraction of sp³-hybridized carbons (Fsp3) is 0.300. The summed E-state index contributed by atoms with van der Waals surface area (Å²) in [4.78, 5) is 23.7. The normalized spacial score (nSPS) is 15.6. The van der Waals surface area contributed by atoms with Gasteiger partial charge >= 0.3 is 5.97 Å². The van der Waals surface area contributed by atoms with E-state index in [1.807, 2.05) is 36.4 Å². The molecule has 0 unspecified atom stereocenters. The number of ether oxygens (including phenoxy) is 2. The summed E-state index contributed by atoms with van der Waals surface area (Å²) in [5.74, 6) is 0.381. The summed E-state index contributed by atoms with van der Waals surface area (Å²) in [5.41, 5.74) is 2.65. The molecule has 0 aromatic heterocycles. The second kappa shape index (κ2) is 7.83. The lowest BCUT2D eigenvalue weighted by atomic mass is 9.96. The smallest absolute Gasteiger partial charge is 0.337 e. The third kappa shape index (κ3) is 4.18. The molecule has 0 aliphatic carbocycles. The number of hydrogen-bond donors (Lipinski definition) is 1. The number of rotatable bonds is 5. The Balaban J connectivity index is 1.48. The van der Waals surface area contributed by atoms with Crippen molar-refractivity contribution in [1.82, 2.24) is 5.32 Å². The second-order valence-electron chi connectivity index (χ2n) is 6.05. The van der Waals surface area contributed by atoms with Crippen molar-refractivity contribution in [2.24, 2.45) is 5.92 Å². The van der Waals surface area contributed by atoms with Gasteiger partial charge in [-0.2, -0.15) is 0 Å². The zero-order valence-electron chi connectivity index (χ0n) is 14.2. The predicted octanol–water partition coefficient (Wildman–Crippen LogP) is 2.38. The molecule has 0 bridgehead atoms. The maximum atomic E-state index is 12.3. The van der Waals surface area contributed by atoms with E-state index >= 15 is 0 Å². The number of carbonyl (C=O) groups is 2. The van der Waals surface area contributed by atoms with Gasteiger partial charge in [0.1, 0.15) is 12.4 Å². The number of benzene rings is 2. The van der Waals surface area contributed by atoms with Crippen molar-refractivity contribution < 1.29 is 19.1 Å². The highest BCUT2D eigenvalue weighted by Gasteiger charge is 2.25. The minimum atomic E-state index is -0.350. The Morgan fingerprint density at radius 1 is 1.16 bits per heavy atom. The molecule has 3 rings (SSSR count). The van der Waals surface area contributed by atoms with Gasteiger partial charge in [0.15, 0.2) is 0 Å². The number of methoxy groups -OCH3 is 1. The first-order valence-corrected chi connectivity index (χ1v) is 8.33. The summed E-state index contributed by atoms with van der Waals surface area (Å²) in [6, 6.07) is 15.0. The van der Waals surface area contributed by atoms with E-state index in [9.17, 15) is 9.59 Å². The molecule has 0 radical (unpaired) electrons. The molecule has 2 aromatic carbocycles. The van der Waals surface area contributed by atoms with Gasteiger partial charge in [0, 0.05) is 6.54 Å². The van der Waals surface area contributed by atoms with Crippen LogP contribution in [0.5, 0.6) is 5.75 Å². The molecule has 1 amide bonds. The molecule has 0 saturated carbocycles. The van der Waals surface area contributed by atoms with Gasteiger partial charge in [0.05, 0.1) is 18.6 Å². The van der Waals surface area contributed by atoms with Gasteiger partial charge in [0.2, 0.25) is 5.91 Å². The van der Waals surface area contributed by atoms with E-state index in [-0.39, 0.29) is 17.8 Å². The van der Waals surface area contributed by atoms with Crippen LogP contribution in [0.4, 0.5) is 0 Å². The van der Waals surface area contributed by atoms with Crippen LogP contribution in [0.1, 0.15) is 21.5 Å². The molecule has 1 aliphatic heterocycles. The number of para-hydroxylation sites is 1. The molecule has 1 heterocycles. The van der Waals surface area contributed by atoms with Crippen molar-refractivity contribution >= 4 is 11.9 Å². The fourth-order valence-corrected chi connectivity index (χ4v) is 2.90. The van der Waals surface area contributed by atoms with Crippen LogP contribution in [0.25, 0.3) is 0 Å². The maximum absolute atomic E-state index is 12.3. The molecule has 130 valence electrons. The second-order valence-corrected chi connectivity index (χ2v) is 6.05. The van der Waals surface area contributed by atoms with Gasteiger partial charge < -0.3 is 14.8 Å². The van der Waals surface area contributed by atoms with E-state index < -0.39 is 0 Å². The van der Waals surface area contributed by atoms with Crippen LogP contribution in [-0.4, -0.2) is 32.1 Å². The third-order valence-corrected chi connectivity index (χ3v) is 4.34. The highest BCUT2D eigenvalue weighted by molar-refractivity contribution is 5.89. The lowest BCUT2D eigenvalue weighted by Gasteiger charge is -2.24. The summed E-state index contributed by atoms with van der Waals surface area (Å²) in [5, 5.41) is 2.97. The van der Waals surface area contributed by atoms with Gasteiger partial charge in [-0.15, -0.1) is 0 Å². The van der Waals surface area contributed by atoms with Gasteiger partial charge in [-0.25, -0.2) is 4.79 Å². The largest absolute Gasteiger partial charge is 0.492 e. The Morgan fingerprint density at radius 2 is 1.92 bits per heavy atom. The fourth-order valence-electron chi connectivity index (χ4n) is 2.90. The number of hydrogen-bond acceptors (Lipinski definition) is 4. The van der Waals surface area contributed by atoms with E-state index in [0.717, 1.165) is 16.9 Å². The highest BCUT2D eigenvalue weighted by Crippen LogP contribution is 2.26. The molecule has 1 aliphatic rings. The predicted molar refractivity (Wildman–Crippen MR) is 93.6 cm³/mol. The summed E-state index contributed by atoms with van der Waals surface area (Å²) in [6.07, 6.45) is 1.41. The number of esters is 1. The van der Waals surface area contributed by atoms with Crippen molar-refractivity contribution in [2.45, 2.75) is 12.8 Å². The molecule has 0 saturated heterocycles. The summed E-state index contributed by atoms with van der Waals surface area (Å²) < 4.78 is 10.3. The van der Waals surface area contributed by atoms with Gasteiger partial charge in [-0.3, -0.25) is 4.79 Å². The average molecular weight is 339 g/mol. The zero-order valence-corrected chi connectivity index (χ0v) is 14.2. The zero-order chi connectivity index (χ0) is 17.6. The summed E-state index contributed by atoms with van der Waals surface area (Å²) in [6.45, 7) is 0.964. The Morgan fingerprint density at radius 3 is 2.68 bits per heavy atom. The standard InChI is InChI=1S/C20H21NO4/c1-24-20(23)15-8-6-14(7-9-15)10-11-21-19(22)17-12-16-4-2-3-5-18(16)25-13-17/h2-9,17H,10-13H2,1H3,(H,21,22)/t17-/m0/s1. The first kappa shape index (κ1) is 17.0. The molecule has 0 fully saturated rings. The lowest BCUT2D eigenvalue weighted by molar-refractivity contribution is -0.126. The van der Waals surface area contributed by atoms with Crippen LogP contribution in [-0.2, 0) is 22.4 Å². The SMILES string of the molecule is COC(=O)c1ccc(CCNC(=O)[C@@H]2COc3ccccc3C2)cc1. The van der Waals surface area contributed by atoms with Crippen LogP contribution in [0.2, 0.25) is 0 Å². The third-order valence-electron chi connectivity index (χ3n) is 4.34. The number of amides is 1. The molecule has 25 heavy (non-hydrogen) atoms. The minimum Gasteiger partial charge on any atom is -0.492 e. The van der Waals surface area contributed by atoms with Crippen LogP contribution >= 0.6 is 0 Å². The van der Waals surface area contributed by atoms with Crippen LogP contribution < -0.4 is 10.1 Å². The molecule has 5 heteroatoms. The van der Waals surface area contributed by atoms with E-state index in [1.54, 1.807) is 12.1 Å². The highest BCUT2D eigenvalue weighted by atomic mass is 16.5. The Labute approximate surface area is 147 Å². The lowest BCUT2D eigenvalue weighted by Crippen LogP contribution is -2.38. The van der Waals surface area contributed by atoms with Crippen LogP contribution in [0, 0.1) is 5.92 Å². The monoisotopic (exact) mass is 339 g/mol. The molecular weight excluding hydrogens is 318 g/mol. The molecular formula is C20H21NO4. The first-order chi connectivity index (χ1) is 12.2. The molecule has 2 aromatic rings. The van der Waals surface area contributed by atoms with Gasteiger partial charge in [-0.1, -0.05) is 30.3 Å². The maximum Gasteiger partial charge on any atom is 0.337 e. The first-order valence-electron chi connectivity index (χ1n) is 8.33. The molecule has 1 N–H and O–H groups in total. The topological polar surface area (TPSA) is 64.6 Å². The van der Waals surface area contributed by atoms with E-state index in [4.69, 9.17) is 4.74 Å². The summed E-state index contributed by atoms with van der Waals surface area (Å²) in [7, 11) is 1.36. The van der Waals surface area contributed by atoms with Crippen molar-refractivity contribution in [3.8, 4) is 5.75 Å². The van der Waals surface area contributed by atoms with Crippen LogP contribution in [0.3, 0.4) is 0 Å². The number of nitrogens with one attached hydrogen (secondary N) is 1. The van der Waals surface area contributed by atoms with Crippen LogP contribution in [0.15, 0.2) is 48.5 Å². The Hall–Kier alpha value is -2.82. The molecule has 0 spiro atoms. The van der Waals surface area contributed by atoms with Crippen molar-refractivity contribution in [3.63, 3.8) is 0 Å². The summed E-state index contributed by atoms with van der Waals surface area (Å²) >= 11 is 0.